The smallest absolute Gasteiger partial charge is 0.169 e. The lowest BCUT2D eigenvalue weighted by Crippen LogP contribution is -2.49. The molecule has 1 atom stereocenters. The van der Waals surface area contributed by atoms with Gasteiger partial charge in [0, 0.05) is 73.5 Å². The van der Waals surface area contributed by atoms with Crippen molar-refractivity contribution in [2.45, 2.75) is 12.8 Å². The fourth-order valence-electron chi connectivity index (χ4n) is 4.99. The van der Waals surface area contributed by atoms with Crippen molar-refractivity contribution >= 4 is 22.4 Å². The second-order valence-corrected chi connectivity index (χ2v) is 8.26. The van der Waals surface area contributed by atoms with Crippen LogP contribution in [0, 0.1) is 11.7 Å². The van der Waals surface area contributed by atoms with Gasteiger partial charge in [0.15, 0.2) is 5.78 Å². The number of aryl methyl sites for hydroxylation is 1. The number of hydrogen-bond acceptors (Lipinski definition) is 3. The van der Waals surface area contributed by atoms with E-state index in [1.54, 1.807) is 0 Å². The normalized spacial score (nSPS) is 20.3. The molecule has 1 aromatic heterocycles. The second kappa shape index (κ2) is 7.30. The number of nitrogens with zero attached hydrogens (tertiary/aromatic N) is 3. The summed E-state index contributed by atoms with van der Waals surface area (Å²) in [5.74, 6) is 0.186. The van der Waals surface area contributed by atoms with Crippen molar-refractivity contribution in [2.24, 2.45) is 13.0 Å². The number of piperazine rings is 1. The Morgan fingerprint density at radius 2 is 1.72 bits per heavy atom. The summed E-state index contributed by atoms with van der Waals surface area (Å²) >= 11 is 0. The minimum absolute atomic E-state index is 0.0747. The number of Topliss-reactive ketones (excluding diaryl/α,β-unsaturated/α-hetero) is 1. The van der Waals surface area contributed by atoms with Crippen LogP contribution in [0.25, 0.3) is 10.9 Å². The van der Waals surface area contributed by atoms with Gasteiger partial charge in [0.2, 0.25) is 0 Å². The first-order chi connectivity index (χ1) is 14.1. The van der Waals surface area contributed by atoms with E-state index in [9.17, 15) is 9.18 Å². The average molecular weight is 391 g/mol. The summed E-state index contributed by atoms with van der Waals surface area (Å²) in [6, 6.07) is 15.0. The molecule has 0 amide bonds. The molecule has 2 aliphatic rings. The topological polar surface area (TPSA) is 28.5 Å². The van der Waals surface area contributed by atoms with Gasteiger partial charge in [-0.1, -0.05) is 18.2 Å². The van der Waals surface area contributed by atoms with E-state index in [-0.39, 0.29) is 11.7 Å². The predicted octanol–water partition coefficient (Wildman–Crippen LogP) is 3.88. The van der Waals surface area contributed by atoms with Crippen LogP contribution in [-0.4, -0.2) is 48.0 Å². The van der Waals surface area contributed by atoms with E-state index in [0.29, 0.717) is 5.78 Å². The summed E-state index contributed by atoms with van der Waals surface area (Å²) < 4.78 is 15.4. The maximum Gasteiger partial charge on any atom is 0.169 e. The number of fused-ring (bicyclic) bond motifs is 3. The molecular formula is C24H26FN3O. The largest absolute Gasteiger partial charge is 0.369 e. The number of anilines is 1. The molecule has 2 aromatic carbocycles. The lowest BCUT2D eigenvalue weighted by Gasteiger charge is -2.38. The van der Waals surface area contributed by atoms with Crippen LogP contribution in [0.15, 0.2) is 48.5 Å². The molecule has 0 bridgehead atoms. The zero-order valence-electron chi connectivity index (χ0n) is 16.8. The van der Waals surface area contributed by atoms with Gasteiger partial charge in [-0.2, -0.15) is 0 Å². The highest BCUT2D eigenvalue weighted by Crippen LogP contribution is 2.34. The van der Waals surface area contributed by atoms with Crippen molar-refractivity contribution in [3.63, 3.8) is 0 Å². The van der Waals surface area contributed by atoms with Gasteiger partial charge in [-0.25, -0.2) is 4.39 Å². The van der Waals surface area contributed by atoms with Gasteiger partial charge in [0.1, 0.15) is 5.82 Å². The third-order valence-electron chi connectivity index (χ3n) is 6.62. The van der Waals surface area contributed by atoms with Gasteiger partial charge in [-0.05, 0) is 43.2 Å². The van der Waals surface area contributed by atoms with Gasteiger partial charge < -0.3 is 9.47 Å². The van der Waals surface area contributed by atoms with Crippen LogP contribution in [-0.2, 0) is 13.5 Å². The minimum atomic E-state index is -0.198. The summed E-state index contributed by atoms with van der Waals surface area (Å²) in [6.45, 7) is 4.52. The summed E-state index contributed by atoms with van der Waals surface area (Å²) in [7, 11) is 2.07. The summed E-state index contributed by atoms with van der Waals surface area (Å²) in [5.41, 5.74) is 4.36. The van der Waals surface area contributed by atoms with E-state index in [1.807, 2.05) is 24.3 Å². The quantitative estimate of drug-likeness (QED) is 0.678. The fraction of sp³-hybridized carbons (Fsp3) is 0.375. The molecule has 1 aliphatic heterocycles. The molecule has 3 aromatic rings. The van der Waals surface area contributed by atoms with Crippen molar-refractivity contribution < 1.29 is 9.18 Å². The standard InChI is InChI=1S/C24H26FN3O/c1-26-21-5-3-2-4-20(21)23-22(26)11-6-17(24(23)29)16-27-12-14-28(15-13-27)19-9-7-18(25)8-10-19/h2-5,7-10,17H,6,11-16H2,1H3. The monoisotopic (exact) mass is 391 g/mol. The molecule has 4 nitrogen and oxygen atoms in total. The van der Waals surface area contributed by atoms with Crippen molar-refractivity contribution in [2.75, 3.05) is 37.6 Å². The molecular weight excluding hydrogens is 365 g/mol. The van der Waals surface area contributed by atoms with Crippen LogP contribution in [0.4, 0.5) is 10.1 Å². The Labute approximate surface area is 170 Å². The Morgan fingerprint density at radius 3 is 2.48 bits per heavy atom. The Morgan fingerprint density at radius 1 is 1.00 bits per heavy atom. The lowest BCUT2D eigenvalue weighted by atomic mass is 9.84. The van der Waals surface area contributed by atoms with Crippen LogP contribution in [0.5, 0.6) is 0 Å². The van der Waals surface area contributed by atoms with Gasteiger partial charge >= 0.3 is 0 Å². The third-order valence-corrected chi connectivity index (χ3v) is 6.62. The number of para-hydroxylation sites is 1. The Hall–Kier alpha value is -2.66. The molecule has 1 fully saturated rings. The van der Waals surface area contributed by atoms with Gasteiger partial charge in [0.05, 0.1) is 0 Å². The van der Waals surface area contributed by atoms with E-state index < -0.39 is 0 Å². The van der Waals surface area contributed by atoms with Crippen LogP contribution >= 0.6 is 0 Å². The highest BCUT2D eigenvalue weighted by atomic mass is 19.1. The van der Waals surface area contributed by atoms with E-state index in [1.165, 1.54) is 17.8 Å². The highest BCUT2D eigenvalue weighted by Gasteiger charge is 2.33. The van der Waals surface area contributed by atoms with Crippen molar-refractivity contribution in [1.29, 1.82) is 0 Å². The first kappa shape index (κ1) is 18.4. The molecule has 0 spiro atoms. The molecule has 1 aliphatic carbocycles. The summed E-state index contributed by atoms with van der Waals surface area (Å²) in [4.78, 5) is 18.1. The third kappa shape index (κ3) is 3.23. The molecule has 5 heteroatoms. The summed E-state index contributed by atoms with van der Waals surface area (Å²) in [6.07, 6.45) is 1.89. The number of carbonyl (C=O) groups is 1. The fourth-order valence-corrected chi connectivity index (χ4v) is 4.99. The van der Waals surface area contributed by atoms with Gasteiger partial charge in [0.25, 0.3) is 0 Å². The number of ketones is 1. The van der Waals surface area contributed by atoms with Crippen LogP contribution in [0.1, 0.15) is 22.5 Å². The molecule has 150 valence electrons. The van der Waals surface area contributed by atoms with E-state index >= 15 is 0 Å². The number of rotatable bonds is 3. The molecule has 0 saturated carbocycles. The maximum absolute atomic E-state index is 13.3. The van der Waals surface area contributed by atoms with E-state index in [2.05, 4.69) is 33.5 Å². The van der Waals surface area contributed by atoms with Crippen LogP contribution < -0.4 is 4.90 Å². The molecule has 1 unspecified atom stereocenters. The van der Waals surface area contributed by atoms with Crippen LogP contribution in [0.2, 0.25) is 0 Å². The number of benzene rings is 2. The Kier molecular flexibility index (Phi) is 4.63. The number of halogens is 1. The molecule has 2 heterocycles. The molecule has 1 saturated heterocycles. The molecule has 0 radical (unpaired) electrons. The average Bonchev–Trinajstić information content (AvgIpc) is 3.04. The molecule has 5 rings (SSSR count). The predicted molar refractivity (Wildman–Crippen MR) is 114 cm³/mol. The van der Waals surface area contributed by atoms with E-state index in [4.69, 9.17) is 0 Å². The highest BCUT2D eigenvalue weighted by molar-refractivity contribution is 6.11. The Bertz CT molecular complexity index is 1050. The number of carbonyl (C=O) groups excluding carboxylic acids is 1. The SMILES string of the molecule is Cn1c2c(c3ccccc31)C(=O)C(CN1CCN(c3ccc(F)cc3)CC1)CC2. The van der Waals surface area contributed by atoms with Gasteiger partial charge in [-0.15, -0.1) is 0 Å². The maximum atomic E-state index is 13.3. The first-order valence-electron chi connectivity index (χ1n) is 10.4. The first-order valence-corrected chi connectivity index (χ1v) is 10.4. The zero-order chi connectivity index (χ0) is 20.0. The lowest BCUT2D eigenvalue weighted by molar-refractivity contribution is 0.0855. The minimum Gasteiger partial charge on any atom is -0.369 e. The van der Waals surface area contributed by atoms with E-state index in [0.717, 1.165) is 67.7 Å². The Balaban J connectivity index is 1.27. The number of aromatic nitrogens is 1. The zero-order valence-corrected chi connectivity index (χ0v) is 16.8. The van der Waals surface area contributed by atoms with Crippen molar-refractivity contribution in [3.8, 4) is 0 Å². The van der Waals surface area contributed by atoms with Crippen LogP contribution in [0.3, 0.4) is 0 Å². The van der Waals surface area contributed by atoms with Crippen molar-refractivity contribution in [1.82, 2.24) is 9.47 Å². The van der Waals surface area contributed by atoms with Crippen molar-refractivity contribution in [3.05, 3.63) is 65.6 Å². The second-order valence-electron chi connectivity index (χ2n) is 8.26. The molecule has 29 heavy (non-hydrogen) atoms. The van der Waals surface area contributed by atoms with Gasteiger partial charge in [-0.3, -0.25) is 9.69 Å². The summed E-state index contributed by atoms with van der Waals surface area (Å²) in [5, 5.41) is 1.10. The molecule has 0 N–H and O–H groups in total. The number of hydrogen-bond donors (Lipinski definition) is 0.